The van der Waals surface area contributed by atoms with Crippen LogP contribution >= 0.6 is 0 Å². The van der Waals surface area contributed by atoms with E-state index in [9.17, 15) is 28.0 Å². The summed E-state index contributed by atoms with van der Waals surface area (Å²) < 4.78 is 28.1. The highest BCUT2D eigenvalue weighted by Gasteiger charge is 2.51. The normalized spacial score (nSPS) is 21.2. The fraction of sp³-hybridized carbons (Fsp3) is 0.286. The second-order valence-electron chi connectivity index (χ2n) is 4.88. The van der Waals surface area contributed by atoms with Crippen LogP contribution in [-0.2, 0) is 14.4 Å². The van der Waals surface area contributed by atoms with Gasteiger partial charge in [-0.3, -0.25) is 24.5 Å². The molecule has 4 amide bonds. The van der Waals surface area contributed by atoms with Gasteiger partial charge in [-0.05, 0) is 24.6 Å². The van der Waals surface area contributed by atoms with Gasteiger partial charge >= 0.3 is 0 Å². The van der Waals surface area contributed by atoms with Crippen LogP contribution in [0.5, 0.6) is 0 Å². The molecular weight excluding hydrogens is 298 g/mol. The predicted octanol–water partition coefficient (Wildman–Crippen LogP) is 0.835. The highest BCUT2D eigenvalue weighted by molar-refractivity contribution is 6.08. The Morgan fingerprint density at radius 1 is 1.41 bits per heavy atom. The number of hydrogen-bond acceptors (Lipinski definition) is 4. The number of hydrogen-bond donors (Lipinski definition) is 1. The van der Waals surface area contributed by atoms with Crippen LogP contribution in [0.2, 0.25) is 0 Å². The Balaban J connectivity index is 2.41. The molecule has 1 unspecified atom stereocenters. The fourth-order valence-electron chi connectivity index (χ4n) is 2.15. The first-order valence-corrected chi connectivity index (χ1v) is 6.38. The molecule has 1 aromatic rings. The molecule has 22 heavy (non-hydrogen) atoms. The highest BCUT2D eigenvalue weighted by Crippen LogP contribution is 2.28. The second-order valence-corrected chi connectivity index (χ2v) is 4.88. The Bertz CT molecular complexity index is 677. The molecule has 0 saturated carbocycles. The molecule has 1 aliphatic heterocycles. The third kappa shape index (κ3) is 2.59. The molecule has 0 aliphatic carbocycles. The van der Waals surface area contributed by atoms with Gasteiger partial charge in [0.25, 0.3) is 17.6 Å². The van der Waals surface area contributed by atoms with E-state index in [2.05, 4.69) is 0 Å². The maximum Gasteiger partial charge on any atom is 0.285 e. The van der Waals surface area contributed by atoms with E-state index in [4.69, 9.17) is 0 Å². The predicted molar refractivity (Wildman–Crippen MR) is 69.6 cm³/mol. The number of alkyl halides is 1. The van der Waals surface area contributed by atoms with E-state index in [1.807, 2.05) is 0 Å². The van der Waals surface area contributed by atoms with E-state index in [-0.39, 0.29) is 23.3 Å². The van der Waals surface area contributed by atoms with Crippen LogP contribution in [0.1, 0.15) is 28.8 Å². The molecule has 1 atom stereocenters. The Labute approximate surface area is 124 Å². The molecule has 1 fully saturated rings. The van der Waals surface area contributed by atoms with E-state index < -0.39 is 35.8 Å². The molecule has 1 N–H and O–H groups in total. The summed E-state index contributed by atoms with van der Waals surface area (Å²) in [5.41, 5.74) is 0.0722. The molecule has 8 heteroatoms. The lowest BCUT2D eigenvalue weighted by Crippen LogP contribution is -2.61. The Kier molecular flexibility index (Phi) is 4.03. The Morgan fingerprint density at radius 2 is 2.09 bits per heavy atom. The minimum Gasteiger partial charge on any atom is -0.292 e. The number of carbonyl (C=O) groups is 4. The van der Waals surface area contributed by atoms with Crippen molar-refractivity contribution in [3.63, 3.8) is 0 Å². The Morgan fingerprint density at radius 3 is 2.68 bits per heavy atom. The van der Waals surface area contributed by atoms with Crippen LogP contribution in [0, 0.1) is 12.7 Å². The monoisotopic (exact) mass is 310 g/mol. The van der Waals surface area contributed by atoms with Crippen molar-refractivity contribution in [3.8, 4) is 0 Å². The molecule has 1 aliphatic rings. The van der Waals surface area contributed by atoms with Gasteiger partial charge in [0.1, 0.15) is 5.82 Å². The van der Waals surface area contributed by atoms with Gasteiger partial charge in [-0.25, -0.2) is 13.7 Å². The second kappa shape index (κ2) is 5.63. The van der Waals surface area contributed by atoms with Crippen molar-refractivity contribution in [2.75, 3.05) is 0 Å². The zero-order chi connectivity index (χ0) is 16.5. The summed E-state index contributed by atoms with van der Waals surface area (Å²) in [5, 5.41) is 1.74. The number of piperidine rings is 1. The number of nitrogens with zero attached hydrogens (tertiary/aromatic N) is 1. The molecule has 0 spiro atoms. The quantitative estimate of drug-likeness (QED) is 0.509. The molecule has 6 nitrogen and oxygen atoms in total. The number of nitrogens with one attached hydrogen (secondary N) is 1. The summed E-state index contributed by atoms with van der Waals surface area (Å²) in [4.78, 5) is 46.3. The van der Waals surface area contributed by atoms with Gasteiger partial charge in [-0.1, -0.05) is 6.07 Å². The molecule has 2 rings (SSSR count). The third-order valence-electron chi connectivity index (χ3n) is 3.42. The minimum absolute atomic E-state index is 0.0521. The van der Waals surface area contributed by atoms with Crippen LogP contribution in [0.25, 0.3) is 0 Å². The first-order chi connectivity index (χ1) is 10.3. The van der Waals surface area contributed by atoms with Crippen LogP contribution in [-0.4, -0.2) is 34.8 Å². The van der Waals surface area contributed by atoms with Crippen LogP contribution in [0.4, 0.5) is 8.78 Å². The molecule has 116 valence electrons. The van der Waals surface area contributed by atoms with Crippen molar-refractivity contribution in [3.05, 3.63) is 35.1 Å². The minimum atomic E-state index is -2.98. The number of rotatable bonds is 3. The van der Waals surface area contributed by atoms with Crippen molar-refractivity contribution in [2.45, 2.75) is 25.6 Å². The molecule has 1 heterocycles. The summed E-state index contributed by atoms with van der Waals surface area (Å²) in [6.07, 6.45) is -1.14. The average Bonchev–Trinajstić information content (AvgIpc) is 2.47. The molecular formula is C14H12F2N2O4. The summed E-state index contributed by atoms with van der Waals surface area (Å²) in [5.74, 6) is -6.96. The van der Waals surface area contributed by atoms with E-state index in [0.717, 1.165) is 12.1 Å². The van der Waals surface area contributed by atoms with E-state index >= 15 is 0 Å². The van der Waals surface area contributed by atoms with Gasteiger partial charge in [0.2, 0.25) is 12.3 Å². The first kappa shape index (κ1) is 15.7. The smallest absolute Gasteiger partial charge is 0.285 e. The number of carbonyl (C=O) groups excluding carboxylic acids is 4. The van der Waals surface area contributed by atoms with Crippen LogP contribution in [0.3, 0.4) is 0 Å². The molecule has 0 aromatic heterocycles. The Hall–Kier alpha value is -2.64. The molecule has 1 aromatic carbocycles. The van der Waals surface area contributed by atoms with Gasteiger partial charge in [-0.2, -0.15) is 0 Å². The number of benzene rings is 1. The number of amides is 4. The zero-order valence-corrected chi connectivity index (χ0v) is 11.6. The maximum absolute atomic E-state index is 14.8. The fourth-order valence-corrected chi connectivity index (χ4v) is 2.15. The average molecular weight is 310 g/mol. The molecule has 0 bridgehead atoms. The van der Waals surface area contributed by atoms with Crippen molar-refractivity contribution in [1.82, 2.24) is 10.2 Å². The molecule has 1 saturated heterocycles. The zero-order valence-electron chi connectivity index (χ0n) is 11.6. The maximum atomic E-state index is 14.8. The van der Waals surface area contributed by atoms with Crippen molar-refractivity contribution in [1.29, 1.82) is 0 Å². The lowest BCUT2D eigenvalue weighted by Gasteiger charge is -2.34. The van der Waals surface area contributed by atoms with Crippen molar-refractivity contribution >= 4 is 24.1 Å². The van der Waals surface area contributed by atoms with Crippen molar-refractivity contribution < 1.29 is 28.0 Å². The number of aryl methyl sites for hydroxylation is 1. The van der Waals surface area contributed by atoms with Gasteiger partial charge in [-0.15, -0.1) is 0 Å². The topological polar surface area (TPSA) is 83.6 Å². The van der Waals surface area contributed by atoms with E-state index in [1.165, 1.54) is 13.0 Å². The standard InChI is InChI=1S/C14H12F2N2O4/c1-8-2-3-9(15)6-10(8)12(21)18(7-19)14(16)5-4-11(20)17-13(14)22/h2-3,6-7H,4-5H2,1H3,(H,17,20,22). The van der Waals surface area contributed by atoms with Gasteiger partial charge < -0.3 is 0 Å². The summed E-state index contributed by atoms with van der Waals surface area (Å²) in [6.45, 7) is 1.48. The molecule has 0 radical (unpaired) electrons. The number of imide groups is 2. The summed E-state index contributed by atoms with van der Waals surface area (Å²) in [6, 6.07) is 3.25. The van der Waals surface area contributed by atoms with Gasteiger partial charge in [0.05, 0.1) is 0 Å². The largest absolute Gasteiger partial charge is 0.292 e. The highest BCUT2D eigenvalue weighted by atomic mass is 19.1. The summed E-state index contributed by atoms with van der Waals surface area (Å²) >= 11 is 0. The summed E-state index contributed by atoms with van der Waals surface area (Å²) in [7, 11) is 0. The van der Waals surface area contributed by atoms with E-state index in [1.54, 1.807) is 5.32 Å². The third-order valence-corrected chi connectivity index (χ3v) is 3.42. The lowest BCUT2D eigenvalue weighted by molar-refractivity contribution is -0.157. The SMILES string of the molecule is Cc1ccc(F)cc1C(=O)N(C=O)C1(F)CCC(=O)NC1=O. The van der Waals surface area contributed by atoms with Crippen LogP contribution < -0.4 is 5.32 Å². The van der Waals surface area contributed by atoms with Crippen LogP contribution in [0.15, 0.2) is 18.2 Å². The van der Waals surface area contributed by atoms with E-state index in [0.29, 0.717) is 5.56 Å². The number of halogens is 2. The lowest BCUT2D eigenvalue weighted by atomic mass is 9.99. The van der Waals surface area contributed by atoms with Gasteiger partial charge in [0, 0.05) is 18.4 Å². The first-order valence-electron chi connectivity index (χ1n) is 6.38. The van der Waals surface area contributed by atoms with Gasteiger partial charge in [0.15, 0.2) is 0 Å². The van der Waals surface area contributed by atoms with Crippen molar-refractivity contribution in [2.24, 2.45) is 0 Å².